The second-order valence-electron chi connectivity index (χ2n) is 4.90. The van der Waals surface area contributed by atoms with Crippen LogP contribution in [0, 0.1) is 5.82 Å². The summed E-state index contributed by atoms with van der Waals surface area (Å²) in [7, 11) is 0. The highest BCUT2D eigenvalue weighted by molar-refractivity contribution is 5.76. The van der Waals surface area contributed by atoms with Crippen molar-refractivity contribution in [3.8, 4) is 0 Å². The summed E-state index contributed by atoms with van der Waals surface area (Å²) in [6, 6.07) is 4.79. The van der Waals surface area contributed by atoms with Crippen molar-refractivity contribution >= 4 is 11.0 Å². The minimum Gasteiger partial charge on any atom is -0.328 e. The monoisotopic (exact) mass is 249 g/mol. The Balaban J connectivity index is 2.60. The molecule has 0 aliphatic rings. The van der Waals surface area contributed by atoms with Crippen molar-refractivity contribution in [1.82, 2.24) is 9.55 Å². The van der Waals surface area contributed by atoms with Gasteiger partial charge in [-0.25, -0.2) is 9.37 Å². The second kappa shape index (κ2) is 5.06. The van der Waals surface area contributed by atoms with Crippen LogP contribution in [0.2, 0.25) is 0 Å². The van der Waals surface area contributed by atoms with Gasteiger partial charge in [0.25, 0.3) is 0 Å². The van der Waals surface area contributed by atoms with Crippen LogP contribution < -0.4 is 5.73 Å². The van der Waals surface area contributed by atoms with E-state index in [1.807, 2.05) is 6.92 Å². The van der Waals surface area contributed by atoms with E-state index in [2.05, 4.69) is 23.4 Å². The molecule has 1 heterocycles. The Morgan fingerprint density at radius 2 is 2.11 bits per heavy atom. The molecule has 18 heavy (non-hydrogen) atoms. The van der Waals surface area contributed by atoms with Gasteiger partial charge >= 0.3 is 0 Å². The van der Waals surface area contributed by atoms with Crippen molar-refractivity contribution in [3.63, 3.8) is 0 Å². The molecule has 0 bridgehead atoms. The maximum Gasteiger partial charge on any atom is 0.125 e. The van der Waals surface area contributed by atoms with Crippen LogP contribution in [0.1, 0.15) is 38.9 Å². The number of aryl methyl sites for hydroxylation is 1. The molecule has 2 atom stereocenters. The fraction of sp³-hybridized carbons (Fsp3) is 0.500. The lowest BCUT2D eigenvalue weighted by atomic mass is 10.0. The number of aromatic nitrogens is 2. The third-order valence-corrected chi connectivity index (χ3v) is 3.38. The minimum atomic E-state index is -0.247. The number of nitrogens with zero attached hydrogens (tertiary/aromatic N) is 2. The number of imidazole rings is 1. The van der Waals surface area contributed by atoms with Crippen LogP contribution in [0.3, 0.4) is 0 Å². The van der Waals surface area contributed by atoms with E-state index in [9.17, 15) is 4.39 Å². The third kappa shape index (κ3) is 2.25. The lowest BCUT2D eigenvalue weighted by molar-refractivity contribution is 0.539. The van der Waals surface area contributed by atoms with Gasteiger partial charge in [0.1, 0.15) is 11.6 Å². The fourth-order valence-corrected chi connectivity index (χ4v) is 2.16. The SMILES string of the molecule is CCCn1c(C(C)C(C)N)nc2cc(F)ccc21. The molecule has 0 saturated heterocycles. The van der Waals surface area contributed by atoms with Gasteiger partial charge in [-0.1, -0.05) is 13.8 Å². The van der Waals surface area contributed by atoms with Gasteiger partial charge in [-0.3, -0.25) is 0 Å². The Hall–Kier alpha value is -1.42. The number of halogens is 1. The first-order valence-corrected chi connectivity index (χ1v) is 6.45. The topological polar surface area (TPSA) is 43.8 Å². The third-order valence-electron chi connectivity index (χ3n) is 3.38. The number of rotatable bonds is 4. The number of benzene rings is 1. The standard InChI is InChI=1S/C14H20FN3/c1-4-7-18-13-6-5-11(15)8-12(13)17-14(18)9(2)10(3)16/h5-6,8-10H,4,7,16H2,1-3H3. The van der Waals surface area contributed by atoms with Crippen molar-refractivity contribution in [2.75, 3.05) is 0 Å². The van der Waals surface area contributed by atoms with Crippen LogP contribution in [-0.4, -0.2) is 15.6 Å². The van der Waals surface area contributed by atoms with Crippen LogP contribution in [-0.2, 0) is 6.54 Å². The molecule has 4 heteroatoms. The van der Waals surface area contributed by atoms with Gasteiger partial charge in [-0.05, 0) is 25.5 Å². The summed E-state index contributed by atoms with van der Waals surface area (Å²) in [6.07, 6.45) is 1.02. The van der Waals surface area contributed by atoms with Crippen LogP contribution in [0.5, 0.6) is 0 Å². The summed E-state index contributed by atoms with van der Waals surface area (Å²) >= 11 is 0. The minimum absolute atomic E-state index is 0.0299. The van der Waals surface area contributed by atoms with E-state index in [1.54, 1.807) is 6.07 Å². The maximum absolute atomic E-state index is 13.2. The summed E-state index contributed by atoms with van der Waals surface area (Å²) < 4.78 is 15.4. The first-order valence-electron chi connectivity index (χ1n) is 6.45. The molecule has 1 aromatic heterocycles. The number of hydrogen-bond donors (Lipinski definition) is 1. The average molecular weight is 249 g/mol. The van der Waals surface area contributed by atoms with Crippen LogP contribution >= 0.6 is 0 Å². The van der Waals surface area contributed by atoms with Gasteiger partial charge in [-0.15, -0.1) is 0 Å². The Labute approximate surface area is 107 Å². The summed E-state index contributed by atoms with van der Waals surface area (Å²) in [6.45, 7) is 7.04. The molecular weight excluding hydrogens is 229 g/mol. The molecule has 0 amide bonds. The zero-order chi connectivity index (χ0) is 13.3. The van der Waals surface area contributed by atoms with E-state index >= 15 is 0 Å². The van der Waals surface area contributed by atoms with Gasteiger partial charge in [0.05, 0.1) is 11.0 Å². The Morgan fingerprint density at radius 3 is 2.72 bits per heavy atom. The highest BCUT2D eigenvalue weighted by Gasteiger charge is 2.19. The molecule has 2 N–H and O–H groups in total. The predicted octanol–water partition coefficient (Wildman–Crippen LogP) is 3.04. The van der Waals surface area contributed by atoms with Gasteiger partial charge in [-0.2, -0.15) is 0 Å². The maximum atomic E-state index is 13.2. The average Bonchev–Trinajstić information content (AvgIpc) is 2.66. The number of hydrogen-bond acceptors (Lipinski definition) is 2. The molecule has 0 aliphatic heterocycles. The summed E-state index contributed by atoms with van der Waals surface area (Å²) in [5.74, 6) is 0.864. The van der Waals surface area contributed by atoms with Crippen molar-refractivity contribution in [1.29, 1.82) is 0 Å². The number of fused-ring (bicyclic) bond motifs is 1. The van der Waals surface area contributed by atoms with Gasteiger partial charge < -0.3 is 10.3 Å². The lowest BCUT2D eigenvalue weighted by Gasteiger charge is -2.17. The quantitative estimate of drug-likeness (QED) is 0.905. The summed E-state index contributed by atoms with van der Waals surface area (Å²) in [4.78, 5) is 4.56. The van der Waals surface area contributed by atoms with Crippen molar-refractivity contribution in [2.45, 2.75) is 45.7 Å². The zero-order valence-electron chi connectivity index (χ0n) is 11.2. The van der Waals surface area contributed by atoms with E-state index in [1.165, 1.54) is 12.1 Å². The Kier molecular flexibility index (Phi) is 3.66. The van der Waals surface area contributed by atoms with Crippen LogP contribution in [0.4, 0.5) is 4.39 Å². The highest BCUT2D eigenvalue weighted by Crippen LogP contribution is 2.24. The molecule has 0 spiro atoms. The molecule has 2 aromatic rings. The molecule has 1 aromatic carbocycles. The predicted molar refractivity (Wildman–Crippen MR) is 72.0 cm³/mol. The molecule has 0 aliphatic carbocycles. The van der Waals surface area contributed by atoms with E-state index in [-0.39, 0.29) is 17.8 Å². The summed E-state index contributed by atoms with van der Waals surface area (Å²) in [5.41, 5.74) is 7.66. The fourth-order valence-electron chi connectivity index (χ4n) is 2.16. The number of nitrogens with two attached hydrogens (primary N) is 1. The smallest absolute Gasteiger partial charge is 0.125 e. The Bertz CT molecular complexity index is 545. The van der Waals surface area contributed by atoms with E-state index in [4.69, 9.17) is 5.73 Å². The first-order chi connectivity index (χ1) is 8.54. The molecule has 2 unspecified atom stereocenters. The molecule has 98 valence electrons. The lowest BCUT2D eigenvalue weighted by Crippen LogP contribution is -2.25. The molecule has 2 rings (SSSR count). The highest BCUT2D eigenvalue weighted by atomic mass is 19.1. The first kappa shape index (κ1) is 13.0. The van der Waals surface area contributed by atoms with E-state index in [0.29, 0.717) is 5.52 Å². The summed E-state index contributed by atoms with van der Waals surface area (Å²) in [5, 5.41) is 0. The molecule has 0 fully saturated rings. The molecular formula is C14H20FN3. The van der Waals surface area contributed by atoms with Gasteiger partial charge in [0.2, 0.25) is 0 Å². The van der Waals surface area contributed by atoms with Crippen LogP contribution in [0.15, 0.2) is 18.2 Å². The van der Waals surface area contributed by atoms with E-state index < -0.39 is 0 Å². The van der Waals surface area contributed by atoms with E-state index in [0.717, 1.165) is 24.3 Å². The van der Waals surface area contributed by atoms with Crippen molar-refractivity contribution in [2.24, 2.45) is 5.73 Å². The van der Waals surface area contributed by atoms with Crippen LogP contribution in [0.25, 0.3) is 11.0 Å². The van der Waals surface area contributed by atoms with Crippen molar-refractivity contribution in [3.05, 3.63) is 29.8 Å². The zero-order valence-corrected chi connectivity index (χ0v) is 11.2. The molecule has 0 saturated carbocycles. The second-order valence-corrected chi connectivity index (χ2v) is 4.90. The largest absolute Gasteiger partial charge is 0.328 e. The van der Waals surface area contributed by atoms with Gasteiger partial charge in [0.15, 0.2) is 0 Å². The Morgan fingerprint density at radius 1 is 1.39 bits per heavy atom. The normalized spacial score (nSPS) is 14.9. The molecule has 3 nitrogen and oxygen atoms in total. The van der Waals surface area contributed by atoms with Crippen molar-refractivity contribution < 1.29 is 4.39 Å². The molecule has 0 radical (unpaired) electrons. The van der Waals surface area contributed by atoms with Gasteiger partial charge in [0, 0.05) is 24.6 Å².